The van der Waals surface area contributed by atoms with Crippen LogP contribution in [0.1, 0.15) is 38.9 Å². The van der Waals surface area contributed by atoms with Gasteiger partial charge < -0.3 is 23.5 Å². The minimum absolute atomic E-state index is 0.0347. The van der Waals surface area contributed by atoms with Crippen LogP contribution in [0.4, 0.5) is 0 Å². The lowest BCUT2D eigenvalue weighted by Gasteiger charge is -2.40. The van der Waals surface area contributed by atoms with Gasteiger partial charge in [-0.1, -0.05) is 29.8 Å². The van der Waals surface area contributed by atoms with Crippen LogP contribution >= 0.6 is 0 Å². The van der Waals surface area contributed by atoms with Crippen LogP contribution < -0.4 is 4.74 Å². The molecule has 0 spiro atoms. The molecule has 1 aliphatic heterocycles. The molecule has 0 saturated carbocycles. The van der Waals surface area contributed by atoms with E-state index in [1.807, 2.05) is 33.4 Å². The molecular weight excluding hydrogens is 442 g/mol. The number of amides is 2. The van der Waals surface area contributed by atoms with Crippen molar-refractivity contribution in [1.29, 1.82) is 0 Å². The number of carbonyl (C=O) groups is 2. The second-order valence-corrected chi connectivity index (χ2v) is 9.11. The van der Waals surface area contributed by atoms with Crippen LogP contribution in [0.3, 0.4) is 0 Å². The summed E-state index contributed by atoms with van der Waals surface area (Å²) in [6.45, 7) is 6.01. The maximum atomic E-state index is 13.6. The van der Waals surface area contributed by atoms with E-state index in [1.165, 1.54) is 5.56 Å². The van der Waals surface area contributed by atoms with Crippen molar-refractivity contribution in [2.75, 3.05) is 26.7 Å². The van der Waals surface area contributed by atoms with Crippen molar-refractivity contribution in [1.82, 2.24) is 14.4 Å². The fourth-order valence-corrected chi connectivity index (χ4v) is 4.69. The maximum Gasteiger partial charge on any atom is 0.270 e. The van der Waals surface area contributed by atoms with E-state index in [-0.39, 0.29) is 17.9 Å². The summed E-state index contributed by atoms with van der Waals surface area (Å²) in [6.07, 6.45) is 1.65. The van der Waals surface area contributed by atoms with Gasteiger partial charge in [0.1, 0.15) is 11.4 Å². The van der Waals surface area contributed by atoms with Gasteiger partial charge in [0.05, 0.1) is 19.9 Å². The Morgan fingerprint density at radius 3 is 2.43 bits per heavy atom. The fourth-order valence-electron chi connectivity index (χ4n) is 4.69. The summed E-state index contributed by atoms with van der Waals surface area (Å²) in [4.78, 5) is 30.4. The molecule has 0 bridgehead atoms. The first kappa shape index (κ1) is 22.8. The van der Waals surface area contributed by atoms with E-state index in [1.54, 1.807) is 37.6 Å². The molecule has 1 aliphatic rings. The molecule has 7 nitrogen and oxygen atoms in total. The molecule has 2 amide bonds. The number of ether oxygens (including phenoxy) is 1. The van der Waals surface area contributed by atoms with E-state index in [0.29, 0.717) is 48.9 Å². The Morgan fingerprint density at radius 2 is 1.74 bits per heavy atom. The van der Waals surface area contributed by atoms with Crippen LogP contribution in [0.2, 0.25) is 0 Å². The molecule has 0 N–H and O–H groups in total. The van der Waals surface area contributed by atoms with Gasteiger partial charge in [0.2, 0.25) is 5.71 Å². The predicted molar refractivity (Wildman–Crippen MR) is 134 cm³/mol. The molecule has 2 aromatic heterocycles. The third-order valence-corrected chi connectivity index (χ3v) is 6.70. The number of rotatable bonds is 5. The summed E-state index contributed by atoms with van der Waals surface area (Å²) in [7, 11) is 1.60. The lowest BCUT2D eigenvalue weighted by molar-refractivity contribution is 0.0409. The van der Waals surface area contributed by atoms with E-state index in [4.69, 9.17) is 9.15 Å². The molecule has 2 aromatic carbocycles. The number of benzene rings is 2. The van der Waals surface area contributed by atoms with Crippen LogP contribution in [-0.2, 0) is 6.54 Å². The largest absolute Gasteiger partial charge is 0.497 e. The maximum absolute atomic E-state index is 13.6. The molecule has 3 heterocycles. The zero-order valence-corrected chi connectivity index (χ0v) is 20.2. The summed E-state index contributed by atoms with van der Waals surface area (Å²) < 4.78 is 12.9. The highest BCUT2D eigenvalue weighted by Crippen LogP contribution is 2.25. The lowest BCUT2D eigenvalue weighted by atomic mass is 10.1. The number of aromatic nitrogens is 1. The summed E-state index contributed by atoms with van der Waals surface area (Å²) >= 11 is 0. The Bertz CT molecular complexity index is 1350. The predicted octanol–water partition coefficient (Wildman–Crippen LogP) is 4.59. The first-order valence-corrected chi connectivity index (χ1v) is 11.8. The Morgan fingerprint density at radius 1 is 1.00 bits per heavy atom. The topological polar surface area (TPSA) is 67.9 Å². The van der Waals surface area contributed by atoms with Gasteiger partial charge in [-0.25, -0.2) is 0 Å². The number of furan rings is 1. The number of fused-ring (bicyclic) bond motifs is 1. The van der Waals surface area contributed by atoms with Gasteiger partial charge in [0, 0.05) is 36.6 Å². The van der Waals surface area contributed by atoms with Gasteiger partial charge in [-0.15, -0.1) is 0 Å². The highest BCUT2D eigenvalue weighted by molar-refractivity contribution is 5.98. The van der Waals surface area contributed by atoms with Crippen LogP contribution in [0, 0.1) is 6.92 Å². The summed E-state index contributed by atoms with van der Waals surface area (Å²) in [5.41, 5.74) is 4.20. The minimum Gasteiger partial charge on any atom is -0.497 e. The van der Waals surface area contributed by atoms with Gasteiger partial charge in [0.15, 0.2) is 0 Å². The van der Waals surface area contributed by atoms with Gasteiger partial charge in [0.25, 0.3) is 11.8 Å². The molecule has 1 unspecified atom stereocenters. The molecule has 1 fully saturated rings. The number of methoxy groups -OCH3 is 1. The standard InChI is InChI=1S/C28H29N3O4/c1-19-4-6-21(7-5-19)18-31-25(16-23-12-15-35-28(23)31)27(33)29-13-14-30(20(2)17-29)26(32)22-8-10-24(34-3)11-9-22/h4-12,15-16,20H,13-14,17-18H2,1-3H3. The highest BCUT2D eigenvalue weighted by Gasteiger charge is 2.32. The number of nitrogens with zero attached hydrogens (tertiary/aromatic N) is 3. The summed E-state index contributed by atoms with van der Waals surface area (Å²) in [5.74, 6) is 0.629. The van der Waals surface area contributed by atoms with Crippen LogP contribution in [0.5, 0.6) is 5.75 Å². The van der Waals surface area contributed by atoms with Crippen molar-refractivity contribution < 1.29 is 18.7 Å². The molecule has 0 aliphatic carbocycles. The van der Waals surface area contributed by atoms with Crippen molar-refractivity contribution in [2.24, 2.45) is 0 Å². The minimum atomic E-state index is -0.106. The molecule has 0 radical (unpaired) electrons. The van der Waals surface area contributed by atoms with E-state index in [0.717, 1.165) is 10.9 Å². The zero-order valence-electron chi connectivity index (χ0n) is 20.2. The molecule has 180 valence electrons. The van der Waals surface area contributed by atoms with Crippen molar-refractivity contribution in [3.05, 3.63) is 89.3 Å². The smallest absolute Gasteiger partial charge is 0.270 e. The molecule has 5 rings (SSSR count). The number of hydrogen-bond donors (Lipinski definition) is 0. The van der Waals surface area contributed by atoms with Crippen molar-refractivity contribution in [2.45, 2.75) is 26.4 Å². The van der Waals surface area contributed by atoms with Gasteiger partial charge >= 0.3 is 0 Å². The number of carbonyl (C=O) groups excluding carboxylic acids is 2. The normalized spacial score (nSPS) is 16.0. The van der Waals surface area contributed by atoms with Crippen LogP contribution in [-0.4, -0.2) is 59.0 Å². The summed E-state index contributed by atoms with van der Waals surface area (Å²) in [6, 6.07) is 19.1. The Labute approximate surface area is 204 Å². The first-order chi connectivity index (χ1) is 16.9. The molecule has 35 heavy (non-hydrogen) atoms. The summed E-state index contributed by atoms with van der Waals surface area (Å²) in [5, 5.41) is 0.904. The quantitative estimate of drug-likeness (QED) is 0.427. The van der Waals surface area contributed by atoms with E-state index in [2.05, 4.69) is 31.2 Å². The third-order valence-electron chi connectivity index (χ3n) is 6.70. The van der Waals surface area contributed by atoms with E-state index < -0.39 is 0 Å². The third kappa shape index (κ3) is 4.41. The van der Waals surface area contributed by atoms with Crippen molar-refractivity contribution >= 4 is 22.9 Å². The van der Waals surface area contributed by atoms with Gasteiger partial charge in [-0.2, -0.15) is 0 Å². The monoisotopic (exact) mass is 471 g/mol. The second-order valence-electron chi connectivity index (χ2n) is 9.11. The average Bonchev–Trinajstić information content (AvgIpc) is 3.47. The van der Waals surface area contributed by atoms with E-state index >= 15 is 0 Å². The number of aryl methyl sites for hydroxylation is 1. The Hall–Kier alpha value is -4.00. The lowest BCUT2D eigenvalue weighted by Crippen LogP contribution is -2.55. The fraction of sp³-hybridized carbons (Fsp3) is 0.286. The number of piperazine rings is 1. The van der Waals surface area contributed by atoms with Gasteiger partial charge in [-0.3, -0.25) is 9.59 Å². The Kier molecular flexibility index (Phi) is 6.07. The highest BCUT2D eigenvalue weighted by atomic mass is 16.5. The van der Waals surface area contributed by atoms with Crippen molar-refractivity contribution in [3.63, 3.8) is 0 Å². The van der Waals surface area contributed by atoms with Crippen LogP contribution in [0.15, 0.2) is 71.3 Å². The van der Waals surface area contributed by atoms with Crippen LogP contribution in [0.25, 0.3) is 11.1 Å². The first-order valence-electron chi connectivity index (χ1n) is 11.8. The van der Waals surface area contributed by atoms with E-state index in [9.17, 15) is 9.59 Å². The second kappa shape index (κ2) is 9.33. The molecule has 1 saturated heterocycles. The van der Waals surface area contributed by atoms with Gasteiger partial charge in [-0.05, 0) is 55.8 Å². The SMILES string of the molecule is COc1ccc(C(=O)N2CCN(C(=O)c3cc4ccoc4n3Cc3ccc(C)cc3)CC2C)cc1. The number of hydrogen-bond acceptors (Lipinski definition) is 4. The molecular formula is C28H29N3O4. The molecule has 4 aromatic rings. The average molecular weight is 472 g/mol. The molecule has 7 heteroatoms. The molecule has 1 atom stereocenters. The zero-order chi connectivity index (χ0) is 24.5. The Balaban J connectivity index is 1.34. The van der Waals surface area contributed by atoms with Crippen molar-refractivity contribution in [3.8, 4) is 5.75 Å².